The predicted molar refractivity (Wildman–Crippen MR) is 134 cm³/mol. The first-order valence-electron chi connectivity index (χ1n) is 10.6. The molecule has 0 unspecified atom stereocenters. The van der Waals surface area contributed by atoms with Crippen molar-refractivity contribution in [1.29, 1.82) is 0 Å². The number of nitrogens with zero attached hydrogens (tertiary/aromatic N) is 1. The van der Waals surface area contributed by atoms with Gasteiger partial charge in [-0.1, -0.05) is 6.07 Å². The number of hydrogen-bond acceptors (Lipinski definition) is 9. The monoisotopic (exact) mass is 520 g/mol. The van der Waals surface area contributed by atoms with Crippen molar-refractivity contribution in [3.63, 3.8) is 0 Å². The molecule has 0 aliphatic carbocycles. The van der Waals surface area contributed by atoms with E-state index in [4.69, 9.17) is 13.9 Å². The van der Waals surface area contributed by atoms with Crippen molar-refractivity contribution >= 4 is 38.0 Å². The van der Waals surface area contributed by atoms with Gasteiger partial charge in [0.15, 0.2) is 17.3 Å². The van der Waals surface area contributed by atoms with Crippen LogP contribution in [0.3, 0.4) is 0 Å². The van der Waals surface area contributed by atoms with Crippen molar-refractivity contribution in [3.8, 4) is 39.1 Å². The minimum absolute atomic E-state index is 0.0255. The Morgan fingerprint density at radius 3 is 2.67 bits per heavy atom. The molecule has 0 atom stereocenters. The number of aromatic nitrogens is 1. The van der Waals surface area contributed by atoms with Crippen molar-refractivity contribution in [3.05, 3.63) is 83.2 Å². The largest absolute Gasteiger partial charge is 0.502 e. The zero-order valence-corrected chi connectivity index (χ0v) is 19.9. The SMILES string of the molecule is O=c1c(O)c(-c2ccc3c(c2)OCO3)oc2ccc(NS(=O)(=O)c3ccc(-c4ccccn4)s3)cc12. The molecule has 180 valence electrons. The molecule has 0 saturated heterocycles. The number of aromatic hydroxyl groups is 1. The summed E-state index contributed by atoms with van der Waals surface area (Å²) in [5.74, 6) is 0.398. The molecule has 9 nitrogen and oxygen atoms in total. The summed E-state index contributed by atoms with van der Waals surface area (Å²) in [5, 5.41) is 10.6. The van der Waals surface area contributed by atoms with Gasteiger partial charge >= 0.3 is 0 Å². The van der Waals surface area contributed by atoms with E-state index in [-0.39, 0.29) is 33.4 Å². The molecule has 6 rings (SSSR count). The van der Waals surface area contributed by atoms with Crippen LogP contribution in [0.25, 0.3) is 32.9 Å². The molecule has 0 spiro atoms. The van der Waals surface area contributed by atoms with Crippen LogP contribution >= 0.6 is 11.3 Å². The van der Waals surface area contributed by atoms with E-state index < -0.39 is 21.2 Å². The van der Waals surface area contributed by atoms with E-state index in [2.05, 4.69) is 9.71 Å². The number of pyridine rings is 1. The van der Waals surface area contributed by atoms with Gasteiger partial charge in [-0.2, -0.15) is 0 Å². The van der Waals surface area contributed by atoms with Crippen molar-refractivity contribution in [2.45, 2.75) is 4.21 Å². The number of rotatable bonds is 5. The van der Waals surface area contributed by atoms with E-state index >= 15 is 0 Å². The predicted octanol–water partition coefficient (Wildman–Crippen LogP) is 4.82. The van der Waals surface area contributed by atoms with E-state index in [9.17, 15) is 18.3 Å². The van der Waals surface area contributed by atoms with Crippen LogP contribution in [-0.4, -0.2) is 25.3 Å². The van der Waals surface area contributed by atoms with Gasteiger partial charge in [0, 0.05) is 17.4 Å². The van der Waals surface area contributed by atoms with Crippen LogP contribution in [-0.2, 0) is 10.0 Å². The van der Waals surface area contributed by atoms with Crippen LogP contribution < -0.4 is 19.6 Å². The minimum Gasteiger partial charge on any atom is -0.502 e. The molecule has 0 bridgehead atoms. The summed E-state index contributed by atoms with van der Waals surface area (Å²) in [6.45, 7) is 0.0844. The number of hydrogen-bond donors (Lipinski definition) is 2. The first-order chi connectivity index (χ1) is 17.4. The number of nitrogens with one attached hydrogen (secondary N) is 1. The first kappa shape index (κ1) is 22.1. The highest BCUT2D eigenvalue weighted by Gasteiger charge is 2.22. The Bertz CT molecular complexity index is 1800. The standard InChI is InChI=1S/C25H16N2O7S2/c28-23-16-12-15(27-36(30,31)22-9-8-21(35-22)17-3-1-2-10-26-17)5-7-18(16)34-25(24(23)29)14-4-6-19-20(11-14)33-13-32-19/h1-12,27,29H,13H2. The maximum Gasteiger partial charge on any atom is 0.271 e. The summed E-state index contributed by atoms with van der Waals surface area (Å²) >= 11 is 1.08. The smallest absolute Gasteiger partial charge is 0.271 e. The lowest BCUT2D eigenvalue weighted by Crippen LogP contribution is -2.12. The molecular weight excluding hydrogens is 504 g/mol. The lowest BCUT2D eigenvalue weighted by molar-refractivity contribution is 0.174. The highest BCUT2D eigenvalue weighted by molar-refractivity contribution is 7.94. The van der Waals surface area contributed by atoms with Crippen LogP contribution in [0.5, 0.6) is 17.2 Å². The maximum absolute atomic E-state index is 13.0. The summed E-state index contributed by atoms with van der Waals surface area (Å²) in [6.07, 6.45) is 1.63. The molecule has 0 radical (unpaired) electrons. The third-order valence-corrected chi connectivity index (χ3v) is 8.50. The molecule has 36 heavy (non-hydrogen) atoms. The fourth-order valence-corrected chi connectivity index (χ4v) is 6.13. The Balaban J connectivity index is 1.33. The molecule has 0 fully saturated rings. The average molecular weight is 521 g/mol. The number of sulfonamides is 1. The van der Waals surface area contributed by atoms with Crippen LogP contribution in [0.1, 0.15) is 0 Å². The average Bonchev–Trinajstić information content (AvgIpc) is 3.57. The highest BCUT2D eigenvalue weighted by atomic mass is 32.2. The third kappa shape index (κ3) is 3.84. The number of ether oxygens (including phenoxy) is 2. The summed E-state index contributed by atoms with van der Waals surface area (Å²) in [5.41, 5.74) is 0.737. The Morgan fingerprint density at radius 1 is 0.972 bits per heavy atom. The lowest BCUT2D eigenvalue weighted by atomic mass is 10.1. The fraction of sp³-hybridized carbons (Fsp3) is 0.0400. The lowest BCUT2D eigenvalue weighted by Gasteiger charge is -2.09. The van der Waals surface area contributed by atoms with E-state index in [0.29, 0.717) is 27.6 Å². The summed E-state index contributed by atoms with van der Waals surface area (Å²) in [6, 6.07) is 17.8. The third-order valence-electron chi connectivity index (χ3n) is 5.52. The Hall–Kier alpha value is -4.35. The van der Waals surface area contributed by atoms with Gasteiger partial charge in [0.1, 0.15) is 9.79 Å². The molecule has 4 heterocycles. The van der Waals surface area contributed by atoms with Crippen molar-refractivity contribution in [2.75, 3.05) is 11.5 Å². The molecule has 0 saturated carbocycles. The van der Waals surface area contributed by atoms with Gasteiger partial charge in [-0.3, -0.25) is 14.5 Å². The van der Waals surface area contributed by atoms with Crippen molar-refractivity contribution < 1.29 is 27.4 Å². The van der Waals surface area contributed by atoms with E-state index in [1.54, 1.807) is 42.6 Å². The van der Waals surface area contributed by atoms with Crippen LogP contribution in [0.15, 0.2) is 86.3 Å². The van der Waals surface area contributed by atoms with E-state index in [0.717, 1.165) is 11.3 Å². The van der Waals surface area contributed by atoms with Gasteiger partial charge in [-0.15, -0.1) is 11.3 Å². The molecule has 5 aromatic rings. The molecular formula is C25H16N2O7S2. The number of fused-ring (bicyclic) bond motifs is 2. The van der Waals surface area contributed by atoms with Crippen molar-refractivity contribution in [2.24, 2.45) is 0 Å². The van der Waals surface area contributed by atoms with E-state index in [1.807, 2.05) is 6.07 Å². The number of benzene rings is 2. The topological polar surface area (TPSA) is 128 Å². The summed E-state index contributed by atoms with van der Waals surface area (Å²) in [7, 11) is -3.93. The Morgan fingerprint density at radius 2 is 1.83 bits per heavy atom. The molecule has 1 aliphatic heterocycles. The molecule has 2 aromatic carbocycles. The zero-order chi connectivity index (χ0) is 24.9. The minimum atomic E-state index is -3.93. The second-order valence-electron chi connectivity index (χ2n) is 7.83. The van der Waals surface area contributed by atoms with Gasteiger partial charge in [-0.25, -0.2) is 8.42 Å². The van der Waals surface area contributed by atoms with Gasteiger partial charge < -0.3 is 19.0 Å². The Kier molecular flexibility index (Phi) is 5.16. The second kappa shape index (κ2) is 8.40. The molecule has 3 aromatic heterocycles. The highest BCUT2D eigenvalue weighted by Crippen LogP contribution is 2.39. The maximum atomic E-state index is 13.0. The summed E-state index contributed by atoms with van der Waals surface area (Å²) < 4.78 is 45.0. The normalized spacial score (nSPS) is 12.7. The molecule has 0 amide bonds. The van der Waals surface area contributed by atoms with Crippen LogP contribution in [0.2, 0.25) is 0 Å². The van der Waals surface area contributed by atoms with Gasteiger partial charge in [0.05, 0.1) is 16.0 Å². The second-order valence-corrected chi connectivity index (χ2v) is 10.8. The van der Waals surface area contributed by atoms with Crippen LogP contribution in [0, 0.1) is 0 Å². The molecule has 2 N–H and O–H groups in total. The Labute approximate surface area is 208 Å². The van der Waals surface area contributed by atoms with E-state index in [1.165, 1.54) is 24.3 Å². The number of anilines is 1. The quantitative estimate of drug-likeness (QED) is 0.338. The molecule has 1 aliphatic rings. The van der Waals surface area contributed by atoms with Crippen LogP contribution in [0.4, 0.5) is 5.69 Å². The van der Waals surface area contributed by atoms with Gasteiger partial charge in [0.25, 0.3) is 10.0 Å². The van der Waals surface area contributed by atoms with Crippen molar-refractivity contribution in [1.82, 2.24) is 4.98 Å². The fourth-order valence-electron chi connectivity index (χ4n) is 3.80. The zero-order valence-electron chi connectivity index (χ0n) is 18.3. The van der Waals surface area contributed by atoms with Gasteiger partial charge in [0.2, 0.25) is 18.0 Å². The molecule has 11 heteroatoms. The summed E-state index contributed by atoms with van der Waals surface area (Å²) in [4.78, 5) is 17.9. The number of thiophene rings is 1. The van der Waals surface area contributed by atoms with Gasteiger partial charge in [-0.05, 0) is 60.7 Å². The first-order valence-corrected chi connectivity index (χ1v) is 12.9.